The Balaban J connectivity index is 1.53. The third-order valence-electron chi connectivity index (χ3n) is 4.60. The van der Waals surface area contributed by atoms with Crippen LogP contribution in [0.2, 0.25) is 0 Å². The van der Waals surface area contributed by atoms with Crippen LogP contribution in [0.1, 0.15) is 47.1 Å². The second-order valence-corrected chi connectivity index (χ2v) is 7.13. The Labute approximate surface area is 144 Å². The molecule has 0 spiro atoms. The average molecular weight is 341 g/mol. The fraction of sp³-hybridized carbons (Fsp3) is 0.333. The summed E-state index contributed by atoms with van der Waals surface area (Å²) in [7, 11) is 0. The molecule has 0 radical (unpaired) electrons. The fourth-order valence-electron chi connectivity index (χ4n) is 3.39. The van der Waals surface area contributed by atoms with Crippen LogP contribution in [0.3, 0.4) is 0 Å². The van der Waals surface area contributed by atoms with E-state index in [9.17, 15) is 4.79 Å². The van der Waals surface area contributed by atoms with Gasteiger partial charge in [-0.3, -0.25) is 9.89 Å². The molecule has 0 saturated heterocycles. The molecule has 3 heterocycles. The normalized spacial score (nSPS) is 16.3. The topological polar surface area (TPSA) is 70.9 Å². The number of carbonyl (C=O) groups is 1. The van der Waals surface area contributed by atoms with E-state index in [2.05, 4.69) is 27.0 Å². The lowest BCUT2D eigenvalue weighted by molar-refractivity contribution is 0.0917. The number of hydrogen-bond acceptors (Lipinski definition) is 4. The van der Waals surface area contributed by atoms with Gasteiger partial charge in [-0.05, 0) is 42.3 Å². The fourth-order valence-corrected chi connectivity index (χ4v) is 4.26. The molecule has 124 valence electrons. The molecule has 1 unspecified atom stereocenters. The number of hydrogen-bond donors (Lipinski definition) is 2. The summed E-state index contributed by atoms with van der Waals surface area (Å²) in [6, 6.07) is 9.59. The Morgan fingerprint density at radius 2 is 2.21 bits per heavy atom. The summed E-state index contributed by atoms with van der Waals surface area (Å²) >= 11 is 1.70. The average Bonchev–Trinajstić information content (AvgIpc) is 3.41. The molecule has 1 atom stereocenters. The zero-order valence-corrected chi connectivity index (χ0v) is 14.0. The zero-order chi connectivity index (χ0) is 16.4. The molecule has 0 bridgehead atoms. The van der Waals surface area contributed by atoms with Gasteiger partial charge in [-0.15, -0.1) is 11.3 Å². The summed E-state index contributed by atoms with van der Waals surface area (Å²) in [6.07, 6.45) is 6.42. The summed E-state index contributed by atoms with van der Waals surface area (Å²) < 4.78 is 5.33. The van der Waals surface area contributed by atoms with Crippen LogP contribution in [-0.2, 0) is 0 Å². The van der Waals surface area contributed by atoms with Gasteiger partial charge in [0.25, 0.3) is 5.91 Å². The third kappa shape index (κ3) is 3.01. The van der Waals surface area contributed by atoms with Gasteiger partial charge in [0.05, 0.1) is 12.3 Å². The summed E-state index contributed by atoms with van der Waals surface area (Å²) in [5, 5.41) is 12.3. The standard InChI is InChI=1S/C18H19N3O2S/c22-18(14-11-13(20-21-14)15-7-3-9-23-15)19-17(12-5-1-2-6-12)16-8-4-10-24-16/h3-4,7-12,17H,1-2,5-6H2,(H,19,22)(H,20,21). The molecule has 0 aliphatic heterocycles. The van der Waals surface area contributed by atoms with Gasteiger partial charge in [0.1, 0.15) is 5.69 Å². The molecule has 1 amide bonds. The maximum absolute atomic E-state index is 12.7. The van der Waals surface area contributed by atoms with Crippen molar-refractivity contribution in [3.63, 3.8) is 0 Å². The molecule has 2 N–H and O–H groups in total. The number of thiophene rings is 1. The lowest BCUT2D eigenvalue weighted by Crippen LogP contribution is -2.32. The smallest absolute Gasteiger partial charge is 0.272 e. The molecule has 1 saturated carbocycles. The Morgan fingerprint density at radius 3 is 2.92 bits per heavy atom. The quantitative estimate of drug-likeness (QED) is 0.723. The molecular weight excluding hydrogens is 322 g/mol. The second kappa shape index (κ2) is 6.65. The van der Waals surface area contributed by atoms with Crippen LogP contribution in [-0.4, -0.2) is 16.1 Å². The molecule has 5 nitrogen and oxygen atoms in total. The molecule has 3 aromatic rings. The Kier molecular flexibility index (Phi) is 4.21. The molecule has 4 rings (SSSR count). The van der Waals surface area contributed by atoms with Crippen LogP contribution in [0, 0.1) is 5.92 Å². The van der Waals surface area contributed by atoms with E-state index in [-0.39, 0.29) is 11.9 Å². The maximum Gasteiger partial charge on any atom is 0.272 e. The number of H-pyrrole nitrogens is 1. The number of aromatic amines is 1. The van der Waals surface area contributed by atoms with E-state index < -0.39 is 0 Å². The SMILES string of the molecule is O=C(NC(c1cccs1)C1CCCC1)c1cc(-c2ccco2)[nH]n1. The van der Waals surface area contributed by atoms with Crippen molar-refractivity contribution in [2.45, 2.75) is 31.7 Å². The van der Waals surface area contributed by atoms with Gasteiger partial charge in [0.2, 0.25) is 0 Å². The number of amides is 1. The number of carbonyl (C=O) groups excluding carboxylic acids is 1. The first-order valence-electron chi connectivity index (χ1n) is 8.25. The van der Waals surface area contributed by atoms with Gasteiger partial charge in [-0.1, -0.05) is 18.9 Å². The van der Waals surface area contributed by atoms with Gasteiger partial charge in [-0.25, -0.2) is 0 Å². The first-order chi connectivity index (χ1) is 11.8. The van der Waals surface area contributed by atoms with Crippen molar-refractivity contribution in [1.82, 2.24) is 15.5 Å². The first-order valence-corrected chi connectivity index (χ1v) is 9.13. The van der Waals surface area contributed by atoms with Crippen LogP contribution in [0.15, 0.2) is 46.4 Å². The zero-order valence-electron chi connectivity index (χ0n) is 13.2. The molecule has 1 aliphatic carbocycles. The molecule has 6 heteroatoms. The van der Waals surface area contributed by atoms with Crippen LogP contribution in [0.5, 0.6) is 0 Å². The first kappa shape index (κ1) is 15.2. The van der Waals surface area contributed by atoms with Crippen molar-refractivity contribution < 1.29 is 9.21 Å². The predicted octanol–water partition coefficient (Wildman–Crippen LogP) is 4.39. The van der Waals surface area contributed by atoms with E-state index in [0.717, 1.165) is 0 Å². The van der Waals surface area contributed by atoms with Gasteiger partial charge >= 0.3 is 0 Å². The summed E-state index contributed by atoms with van der Waals surface area (Å²) in [5.41, 5.74) is 1.10. The minimum atomic E-state index is -0.144. The molecule has 24 heavy (non-hydrogen) atoms. The van der Waals surface area contributed by atoms with Crippen molar-refractivity contribution >= 4 is 17.2 Å². The van der Waals surface area contributed by atoms with Gasteiger partial charge in [0.15, 0.2) is 11.5 Å². The number of furan rings is 1. The lowest BCUT2D eigenvalue weighted by atomic mass is 9.96. The number of aromatic nitrogens is 2. The van der Waals surface area contributed by atoms with Crippen molar-refractivity contribution in [3.05, 3.63) is 52.5 Å². The Morgan fingerprint density at radius 1 is 1.33 bits per heavy atom. The van der Waals surface area contributed by atoms with Crippen LogP contribution in [0.25, 0.3) is 11.5 Å². The molecular formula is C18H19N3O2S. The summed E-state index contributed by atoms with van der Waals surface area (Å²) in [6.45, 7) is 0. The van der Waals surface area contributed by atoms with E-state index in [4.69, 9.17) is 4.42 Å². The van der Waals surface area contributed by atoms with Gasteiger partial charge < -0.3 is 9.73 Å². The van der Waals surface area contributed by atoms with E-state index in [1.165, 1.54) is 30.6 Å². The van der Waals surface area contributed by atoms with Crippen molar-refractivity contribution in [2.75, 3.05) is 0 Å². The van der Waals surface area contributed by atoms with Crippen molar-refractivity contribution in [3.8, 4) is 11.5 Å². The van der Waals surface area contributed by atoms with Gasteiger partial charge in [-0.2, -0.15) is 5.10 Å². The highest BCUT2D eigenvalue weighted by molar-refractivity contribution is 7.10. The molecule has 3 aromatic heterocycles. The number of nitrogens with one attached hydrogen (secondary N) is 2. The number of nitrogens with zero attached hydrogens (tertiary/aromatic N) is 1. The largest absolute Gasteiger partial charge is 0.463 e. The van der Waals surface area contributed by atoms with Crippen molar-refractivity contribution in [1.29, 1.82) is 0 Å². The third-order valence-corrected chi connectivity index (χ3v) is 5.56. The van der Waals surface area contributed by atoms with Crippen LogP contribution in [0.4, 0.5) is 0 Å². The highest BCUT2D eigenvalue weighted by Gasteiger charge is 2.29. The summed E-state index contributed by atoms with van der Waals surface area (Å²) in [4.78, 5) is 13.9. The van der Waals surface area contributed by atoms with Crippen molar-refractivity contribution in [2.24, 2.45) is 5.92 Å². The molecule has 1 fully saturated rings. The maximum atomic E-state index is 12.7. The molecule has 0 aromatic carbocycles. The summed E-state index contributed by atoms with van der Waals surface area (Å²) in [5.74, 6) is 1.04. The van der Waals surface area contributed by atoms with Crippen LogP contribution >= 0.6 is 11.3 Å². The minimum absolute atomic E-state index is 0.0729. The van der Waals surface area contributed by atoms with Crippen LogP contribution < -0.4 is 5.32 Å². The van der Waals surface area contributed by atoms with E-state index >= 15 is 0 Å². The monoisotopic (exact) mass is 341 g/mol. The van der Waals surface area contributed by atoms with E-state index in [1.807, 2.05) is 18.2 Å². The van der Waals surface area contributed by atoms with Gasteiger partial charge in [0, 0.05) is 10.9 Å². The van der Waals surface area contributed by atoms with E-state index in [1.54, 1.807) is 23.7 Å². The second-order valence-electron chi connectivity index (χ2n) is 6.16. The minimum Gasteiger partial charge on any atom is -0.463 e. The number of rotatable bonds is 5. The predicted molar refractivity (Wildman–Crippen MR) is 92.8 cm³/mol. The highest BCUT2D eigenvalue weighted by Crippen LogP contribution is 2.37. The lowest BCUT2D eigenvalue weighted by Gasteiger charge is -2.23. The highest BCUT2D eigenvalue weighted by atomic mass is 32.1. The Hall–Kier alpha value is -2.34. The molecule has 1 aliphatic rings. The Bertz CT molecular complexity index is 786. The van der Waals surface area contributed by atoms with E-state index in [0.29, 0.717) is 23.1 Å².